The Labute approximate surface area is 107 Å². The molecular weight excluding hydrogens is 222 g/mol. The first kappa shape index (κ1) is 11.3. The van der Waals surface area contributed by atoms with Crippen LogP contribution in [-0.4, -0.2) is 9.55 Å². The van der Waals surface area contributed by atoms with E-state index in [4.69, 9.17) is 10.2 Å². The van der Waals surface area contributed by atoms with Crippen molar-refractivity contribution in [3.63, 3.8) is 0 Å². The molecule has 0 amide bonds. The molecule has 1 aromatic carbocycles. The second-order valence-electron chi connectivity index (χ2n) is 5.45. The van der Waals surface area contributed by atoms with Gasteiger partial charge in [-0.3, -0.25) is 0 Å². The fourth-order valence-electron chi connectivity index (χ4n) is 2.52. The van der Waals surface area contributed by atoms with E-state index in [-0.39, 0.29) is 0 Å². The van der Waals surface area contributed by atoms with Gasteiger partial charge in [-0.15, -0.1) is 0 Å². The summed E-state index contributed by atoms with van der Waals surface area (Å²) in [6, 6.07) is 8.39. The fourth-order valence-corrected chi connectivity index (χ4v) is 2.52. The molecule has 0 unspecified atom stereocenters. The van der Waals surface area contributed by atoms with Crippen molar-refractivity contribution in [2.75, 3.05) is 0 Å². The molecule has 1 aliphatic carbocycles. The highest BCUT2D eigenvalue weighted by molar-refractivity contribution is 5.78. The molecule has 0 spiro atoms. The van der Waals surface area contributed by atoms with Gasteiger partial charge in [0.1, 0.15) is 5.82 Å². The number of rotatable bonds is 3. The highest BCUT2D eigenvalue weighted by atomic mass is 15.1. The van der Waals surface area contributed by atoms with Crippen LogP contribution in [0.15, 0.2) is 18.2 Å². The van der Waals surface area contributed by atoms with Gasteiger partial charge in [-0.2, -0.15) is 5.26 Å². The second kappa shape index (κ2) is 4.13. The van der Waals surface area contributed by atoms with E-state index in [2.05, 4.69) is 24.5 Å². The Balaban J connectivity index is 2.14. The van der Waals surface area contributed by atoms with Crippen molar-refractivity contribution >= 4 is 11.0 Å². The number of fused-ring (bicyclic) bond motifs is 1. The van der Waals surface area contributed by atoms with E-state index in [1.807, 2.05) is 18.2 Å². The van der Waals surface area contributed by atoms with Crippen LogP contribution in [0.25, 0.3) is 11.0 Å². The molecule has 18 heavy (non-hydrogen) atoms. The Kier molecular flexibility index (Phi) is 2.59. The molecular formula is C15H17N3. The maximum atomic E-state index is 8.95. The maximum absolute atomic E-state index is 8.95. The molecule has 1 saturated carbocycles. The Morgan fingerprint density at radius 2 is 2.22 bits per heavy atom. The van der Waals surface area contributed by atoms with E-state index in [0.29, 0.717) is 11.6 Å². The van der Waals surface area contributed by atoms with E-state index in [9.17, 15) is 0 Å². The van der Waals surface area contributed by atoms with Gasteiger partial charge in [0.05, 0.1) is 22.7 Å². The lowest BCUT2D eigenvalue weighted by atomic mass is 10.2. The molecule has 3 heteroatoms. The Morgan fingerprint density at radius 3 is 2.83 bits per heavy atom. The first-order chi connectivity index (χ1) is 8.69. The predicted octanol–water partition coefficient (Wildman–Crippen LogP) is 3.44. The van der Waals surface area contributed by atoms with E-state index in [0.717, 1.165) is 23.4 Å². The van der Waals surface area contributed by atoms with E-state index in [1.165, 1.54) is 18.7 Å². The molecule has 1 aliphatic rings. The zero-order chi connectivity index (χ0) is 12.7. The zero-order valence-electron chi connectivity index (χ0n) is 10.8. The van der Waals surface area contributed by atoms with E-state index >= 15 is 0 Å². The topological polar surface area (TPSA) is 41.6 Å². The minimum Gasteiger partial charge on any atom is -0.325 e. The van der Waals surface area contributed by atoms with Crippen molar-refractivity contribution in [3.05, 3.63) is 29.6 Å². The van der Waals surface area contributed by atoms with Crippen LogP contribution < -0.4 is 0 Å². The van der Waals surface area contributed by atoms with Crippen LogP contribution in [0.1, 0.15) is 44.1 Å². The number of benzene rings is 1. The largest absolute Gasteiger partial charge is 0.325 e. The van der Waals surface area contributed by atoms with Gasteiger partial charge in [-0.25, -0.2) is 4.98 Å². The summed E-state index contributed by atoms with van der Waals surface area (Å²) >= 11 is 0. The number of aromatic nitrogens is 2. The number of hydrogen-bond acceptors (Lipinski definition) is 2. The Morgan fingerprint density at radius 1 is 1.44 bits per heavy atom. The molecule has 1 aromatic heterocycles. The molecule has 1 fully saturated rings. The van der Waals surface area contributed by atoms with Crippen molar-refractivity contribution in [3.8, 4) is 6.07 Å². The minimum absolute atomic E-state index is 0.414. The average molecular weight is 239 g/mol. The summed E-state index contributed by atoms with van der Waals surface area (Å²) in [5.74, 6) is 2.01. The van der Waals surface area contributed by atoms with Crippen LogP contribution in [0.5, 0.6) is 0 Å². The van der Waals surface area contributed by atoms with Gasteiger partial charge in [0, 0.05) is 12.5 Å². The number of nitrogens with zero attached hydrogens (tertiary/aromatic N) is 3. The maximum Gasteiger partial charge on any atom is 0.110 e. The quantitative estimate of drug-likeness (QED) is 0.823. The molecule has 3 rings (SSSR count). The van der Waals surface area contributed by atoms with Crippen molar-refractivity contribution in [2.24, 2.45) is 5.92 Å². The first-order valence-corrected chi connectivity index (χ1v) is 6.60. The fraction of sp³-hybridized carbons (Fsp3) is 0.467. The van der Waals surface area contributed by atoms with Crippen LogP contribution in [0.3, 0.4) is 0 Å². The highest BCUT2D eigenvalue weighted by Crippen LogP contribution is 2.34. The third-order valence-corrected chi connectivity index (χ3v) is 3.58. The van der Waals surface area contributed by atoms with Crippen molar-refractivity contribution in [1.82, 2.24) is 9.55 Å². The summed E-state index contributed by atoms with van der Waals surface area (Å²) < 4.78 is 2.31. The van der Waals surface area contributed by atoms with Gasteiger partial charge in [-0.1, -0.05) is 0 Å². The van der Waals surface area contributed by atoms with Crippen LogP contribution in [-0.2, 0) is 6.42 Å². The van der Waals surface area contributed by atoms with Gasteiger partial charge < -0.3 is 4.57 Å². The number of imidazole rings is 1. The molecule has 2 aromatic rings. The predicted molar refractivity (Wildman–Crippen MR) is 71.3 cm³/mol. The van der Waals surface area contributed by atoms with Crippen molar-refractivity contribution < 1.29 is 0 Å². The standard InChI is InChI=1S/C15H17N3/c1-10(2)18-14-6-5-12(9-16)7-13(14)17-15(18)8-11-3-4-11/h5-7,10-11H,3-4,8H2,1-2H3. The van der Waals surface area contributed by atoms with Crippen LogP contribution in [0.4, 0.5) is 0 Å². The first-order valence-electron chi connectivity index (χ1n) is 6.60. The second-order valence-corrected chi connectivity index (χ2v) is 5.45. The van der Waals surface area contributed by atoms with Gasteiger partial charge in [0.2, 0.25) is 0 Å². The highest BCUT2D eigenvalue weighted by Gasteiger charge is 2.25. The number of nitriles is 1. The molecule has 0 saturated heterocycles. The van der Waals surface area contributed by atoms with Gasteiger partial charge in [-0.05, 0) is 50.8 Å². The normalized spacial score (nSPS) is 15.2. The molecule has 0 radical (unpaired) electrons. The van der Waals surface area contributed by atoms with Gasteiger partial charge in [0.15, 0.2) is 0 Å². The zero-order valence-corrected chi connectivity index (χ0v) is 10.8. The summed E-state index contributed by atoms with van der Waals surface area (Å²) in [5.41, 5.74) is 2.80. The molecule has 0 aliphatic heterocycles. The summed E-state index contributed by atoms with van der Waals surface area (Å²) in [6.45, 7) is 4.38. The van der Waals surface area contributed by atoms with Crippen LogP contribution in [0.2, 0.25) is 0 Å². The lowest BCUT2D eigenvalue weighted by Crippen LogP contribution is -2.07. The third-order valence-electron chi connectivity index (χ3n) is 3.58. The molecule has 0 N–H and O–H groups in total. The minimum atomic E-state index is 0.414. The molecule has 0 bridgehead atoms. The molecule has 92 valence electrons. The van der Waals surface area contributed by atoms with Crippen molar-refractivity contribution in [2.45, 2.75) is 39.2 Å². The summed E-state index contributed by atoms with van der Waals surface area (Å²) in [7, 11) is 0. The Hall–Kier alpha value is -1.82. The van der Waals surface area contributed by atoms with Crippen LogP contribution >= 0.6 is 0 Å². The molecule has 3 nitrogen and oxygen atoms in total. The smallest absolute Gasteiger partial charge is 0.110 e. The lowest BCUT2D eigenvalue weighted by Gasteiger charge is -2.12. The monoisotopic (exact) mass is 239 g/mol. The van der Waals surface area contributed by atoms with Gasteiger partial charge in [0.25, 0.3) is 0 Å². The van der Waals surface area contributed by atoms with Crippen molar-refractivity contribution in [1.29, 1.82) is 5.26 Å². The average Bonchev–Trinajstić information content (AvgIpc) is 3.07. The Bertz CT molecular complexity index is 627. The molecule has 0 atom stereocenters. The SMILES string of the molecule is CC(C)n1c(CC2CC2)nc2cc(C#N)ccc21. The summed E-state index contributed by atoms with van der Waals surface area (Å²) in [4.78, 5) is 4.73. The van der Waals surface area contributed by atoms with E-state index in [1.54, 1.807) is 0 Å². The summed E-state index contributed by atoms with van der Waals surface area (Å²) in [6.07, 6.45) is 3.75. The lowest BCUT2D eigenvalue weighted by molar-refractivity contribution is 0.572. The molecule has 1 heterocycles. The third kappa shape index (κ3) is 1.88. The summed E-state index contributed by atoms with van der Waals surface area (Å²) in [5, 5.41) is 8.95. The van der Waals surface area contributed by atoms with E-state index < -0.39 is 0 Å². The van der Waals surface area contributed by atoms with Crippen LogP contribution in [0, 0.1) is 17.2 Å². The van der Waals surface area contributed by atoms with Gasteiger partial charge >= 0.3 is 0 Å². The number of hydrogen-bond donors (Lipinski definition) is 0.